The average molecular weight is 489 g/mol. The van der Waals surface area contributed by atoms with Crippen molar-refractivity contribution in [1.82, 2.24) is 4.98 Å². The number of anilines is 1. The van der Waals surface area contributed by atoms with Crippen molar-refractivity contribution in [1.29, 1.82) is 0 Å². The first-order valence-electron chi connectivity index (χ1n) is 11.7. The van der Waals surface area contributed by atoms with Crippen LogP contribution in [0.2, 0.25) is 0 Å². The van der Waals surface area contributed by atoms with Crippen LogP contribution in [0.3, 0.4) is 0 Å². The highest BCUT2D eigenvalue weighted by atomic mass is 32.1. The summed E-state index contributed by atoms with van der Waals surface area (Å²) in [6.07, 6.45) is 9.93. The SMILES string of the molecule is CCOC(=O)C1=CC(N(CC[n+]2ccccc2)c2ccccc2)C=C(C)C1(C)N=Nc1nccs1. The Hall–Kier alpha value is -3.65. The molecule has 1 aromatic carbocycles. The number of azo groups is 1. The number of hydrogen-bond acceptors (Lipinski definition) is 7. The van der Waals surface area contributed by atoms with Gasteiger partial charge >= 0.3 is 5.97 Å². The molecular weight excluding hydrogens is 458 g/mol. The summed E-state index contributed by atoms with van der Waals surface area (Å²) < 4.78 is 7.60. The molecular formula is C27H30N5O2S+. The molecule has 2 atom stereocenters. The van der Waals surface area contributed by atoms with Gasteiger partial charge in [0, 0.05) is 29.4 Å². The number of nitrogens with zero attached hydrogens (tertiary/aromatic N) is 5. The maximum Gasteiger partial charge on any atom is 0.336 e. The van der Waals surface area contributed by atoms with Crippen molar-refractivity contribution in [3.8, 4) is 0 Å². The molecule has 7 nitrogen and oxygen atoms in total. The van der Waals surface area contributed by atoms with E-state index >= 15 is 0 Å². The van der Waals surface area contributed by atoms with Gasteiger partial charge < -0.3 is 9.64 Å². The zero-order valence-electron chi connectivity index (χ0n) is 20.2. The van der Waals surface area contributed by atoms with Crippen molar-refractivity contribution in [3.05, 3.63) is 95.8 Å². The number of carbonyl (C=O) groups excluding carboxylic acids is 1. The Kier molecular flexibility index (Phi) is 7.82. The fourth-order valence-corrected chi connectivity index (χ4v) is 4.54. The fraction of sp³-hybridized carbons (Fsp3) is 0.296. The Morgan fingerprint density at radius 1 is 1.17 bits per heavy atom. The van der Waals surface area contributed by atoms with E-state index in [0.29, 0.717) is 10.7 Å². The van der Waals surface area contributed by atoms with Crippen LogP contribution in [-0.4, -0.2) is 35.7 Å². The van der Waals surface area contributed by atoms with Crippen LogP contribution in [0, 0.1) is 0 Å². The molecule has 2 unspecified atom stereocenters. The standard InChI is InChI=1S/C27H30N5O2S/c1-4-34-25(33)24-20-23(19-21(2)27(24,3)30-29-26-28-13-18-35-26)32(22-11-7-5-8-12-22)17-16-31-14-9-6-10-15-31/h5-15,18-20,23H,4,16-17H2,1-3H3/q+1. The predicted octanol–water partition coefficient (Wildman–Crippen LogP) is 5.30. The van der Waals surface area contributed by atoms with Gasteiger partial charge in [0.15, 0.2) is 18.9 Å². The lowest BCUT2D eigenvalue weighted by molar-refractivity contribution is -0.694. The van der Waals surface area contributed by atoms with E-state index in [1.165, 1.54) is 11.3 Å². The molecule has 4 rings (SSSR count). The minimum absolute atomic E-state index is 0.149. The average Bonchev–Trinajstić information content (AvgIpc) is 3.40. The maximum absolute atomic E-state index is 13.1. The van der Waals surface area contributed by atoms with Crippen LogP contribution >= 0.6 is 11.3 Å². The second kappa shape index (κ2) is 11.2. The number of rotatable bonds is 9. The summed E-state index contributed by atoms with van der Waals surface area (Å²) >= 11 is 1.40. The van der Waals surface area contributed by atoms with E-state index in [2.05, 4.69) is 55.3 Å². The Morgan fingerprint density at radius 3 is 2.60 bits per heavy atom. The molecule has 0 fully saturated rings. The lowest BCUT2D eigenvalue weighted by Crippen LogP contribution is -2.46. The molecule has 0 spiro atoms. The summed E-state index contributed by atoms with van der Waals surface area (Å²) in [5, 5.41) is 11.3. The molecule has 2 aromatic heterocycles. The number of pyridine rings is 1. The van der Waals surface area contributed by atoms with Crippen LogP contribution in [0.5, 0.6) is 0 Å². The molecule has 0 aliphatic heterocycles. The van der Waals surface area contributed by atoms with Gasteiger partial charge in [0.2, 0.25) is 5.13 Å². The van der Waals surface area contributed by atoms with Gasteiger partial charge in [-0.15, -0.1) is 16.5 Å². The molecule has 1 aliphatic carbocycles. The quantitative estimate of drug-likeness (QED) is 0.177. The summed E-state index contributed by atoms with van der Waals surface area (Å²) in [4.78, 5) is 19.6. The topological polar surface area (TPSA) is 71.0 Å². The summed E-state index contributed by atoms with van der Waals surface area (Å²) in [5.41, 5.74) is 1.55. The van der Waals surface area contributed by atoms with Crippen LogP contribution in [0.1, 0.15) is 20.8 Å². The van der Waals surface area contributed by atoms with E-state index in [9.17, 15) is 4.79 Å². The van der Waals surface area contributed by atoms with Crippen LogP contribution in [0.25, 0.3) is 0 Å². The van der Waals surface area contributed by atoms with Gasteiger partial charge in [-0.2, -0.15) is 5.11 Å². The molecule has 0 saturated heterocycles. The van der Waals surface area contributed by atoms with Crippen molar-refractivity contribution in [2.24, 2.45) is 10.2 Å². The van der Waals surface area contributed by atoms with Gasteiger partial charge in [0.1, 0.15) is 5.54 Å². The number of benzene rings is 1. The highest BCUT2D eigenvalue weighted by Gasteiger charge is 2.41. The summed E-state index contributed by atoms with van der Waals surface area (Å²) in [6, 6.07) is 16.1. The third kappa shape index (κ3) is 5.71. The lowest BCUT2D eigenvalue weighted by atomic mass is 9.79. The van der Waals surface area contributed by atoms with Crippen LogP contribution in [0.15, 0.2) is 106 Å². The number of ether oxygens (including phenoxy) is 1. The van der Waals surface area contributed by atoms with Crippen LogP contribution in [0.4, 0.5) is 10.8 Å². The number of carbonyl (C=O) groups is 1. The Balaban J connectivity index is 1.71. The second-order valence-corrected chi connectivity index (χ2v) is 9.24. The van der Waals surface area contributed by atoms with Crippen molar-refractivity contribution in [2.75, 3.05) is 18.1 Å². The number of aromatic nitrogens is 2. The molecule has 0 saturated carbocycles. The van der Waals surface area contributed by atoms with Gasteiger partial charge in [0.05, 0.1) is 24.8 Å². The maximum atomic E-state index is 13.1. The molecule has 1 aliphatic rings. The molecule has 180 valence electrons. The van der Waals surface area contributed by atoms with Gasteiger partial charge in [-0.3, -0.25) is 0 Å². The normalized spacial score (nSPS) is 19.8. The monoisotopic (exact) mass is 488 g/mol. The van der Waals surface area contributed by atoms with Crippen molar-refractivity contribution < 1.29 is 14.1 Å². The lowest BCUT2D eigenvalue weighted by Gasteiger charge is -2.37. The van der Waals surface area contributed by atoms with Crippen molar-refractivity contribution in [3.63, 3.8) is 0 Å². The zero-order valence-corrected chi connectivity index (χ0v) is 21.1. The summed E-state index contributed by atoms with van der Waals surface area (Å²) in [7, 11) is 0. The molecule has 0 N–H and O–H groups in total. The number of para-hydroxylation sites is 1. The van der Waals surface area contributed by atoms with E-state index in [1.54, 1.807) is 6.20 Å². The van der Waals surface area contributed by atoms with Gasteiger partial charge in [-0.1, -0.05) is 30.3 Å². The van der Waals surface area contributed by atoms with E-state index in [4.69, 9.17) is 4.74 Å². The largest absolute Gasteiger partial charge is 0.463 e. The minimum Gasteiger partial charge on any atom is -0.463 e. The van der Waals surface area contributed by atoms with Crippen LogP contribution in [-0.2, 0) is 16.1 Å². The highest BCUT2D eigenvalue weighted by molar-refractivity contribution is 7.13. The Bertz CT molecular complexity index is 1210. The number of hydrogen-bond donors (Lipinski definition) is 0. The summed E-state index contributed by atoms with van der Waals surface area (Å²) in [5.74, 6) is -0.379. The molecule has 3 aromatic rings. The number of esters is 1. The Morgan fingerprint density at radius 2 is 1.91 bits per heavy atom. The molecule has 0 bridgehead atoms. The smallest absolute Gasteiger partial charge is 0.336 e. The van der Waals surface area contributed by atoms with Crippen molar-refractivity contribution >= 4 is 28.1 Å². The van der Waals surface area contributed by atoms with E-state index in [1.807, 2.05) is 68.6 Å². The molecule has 2 heterocycles. The van der Waals surface area contributed by atoms with E-state index < -0.39 is 5.54 Å². The third-order valence-electron chi connectivity index (χ3n) is 6.12. The predicted molar refractivity (Wildman–Crippen MR) is 138 cm³/mol. The van der Waals surface area contributed by atoms with E-state index in [-0.39, 0.29) is 18.6 Å². The van der Waals surface area contributed by atoms with Crippen LogP contribution < -0.4 is 9.47 Å². The molecule has 0 amide bonds. The molecule has 35 heavy (non-hydrogen) atoms. The first-order chi connectivity index (χ1) is 17.0. The highest BCUT2D eigenvalue weighted by Crippen LogP contribution is 2.38. The van der Waals surface area contributed by atoms with Gasteiger partial charge in [-0.25, -0.2) is 14.3 Å². The zero-order chi connectivity index (χ0) is 24.7. The first kappa shape index (κ1) is 24.5. The van der Waals surface area contributed by atoms with E-state index in [0.717, 1.165) is 24.4 Å². The molecule has 8 heteroatoms. The first-order valence-corrected chi connectivity index (χ1v) is 12.6. The fourth-order valence-electron chi connectivity index (χ4n) is 4.08. The van der Waals surface area contributed by atoms with Gasteiger partial charge in [0.25, 0.3) is 0 Å². The number of thiazole rings is 1. The van der Waals surface area contributed by atoms with Crippen molar-refractivity contribution in [2.45, 2.75) is 38.9 Å². The Labute approximate surface area is 210 Å². The third-order valence-corrected chi connectivity index (χ3v) is 6.78. The summed E-state index contributed by atoms with van der Waals surface area (Å²) in [6.45, 7) is 7.54. The second-order valence-electron chi connectivity index (χ2n) is 8.37. The minimum atomic E-state index is -0.940. The van der Waals surface area contributed by atoms with Gasteiger partial charge in [-0.05, 0) is 44.6 Å². The molecule has 0 radical (unpaired) electrons.